The van der Waals surface area contributed by atoms with Crippen LogP contribution in [0.2, 0.25) is 0 Å². The first-order valence-corrected chi connectivity index (χ1v) is 7.69. The molecule has 21 heavy (non-hydrogen) atoms. The van der Waals surface area contributed by atoms with Crippen molar-refractivity contribution in [3.05, 3.63) is 17.3 Å². The SMILES string of the molecule is CNc1cc2c(nn1)CCN(C(=O)CC[C@@H]1CCCO1)C2. The van der Waals surface area contributed by atoms with Gasteiger partial charge in [-0.15, -0.1) is 5.10 Å². The van der Waals surface area contributed by atoms with Crippen LogP contribution in [0.15, 0.2) is 6.07 Å². The van der Waals surface area contributed by atoms with E-state index in [2.05, 4.69) is 15.5 Å². The summed E-state index contributed by atoms with van der Waals surface area (Å²) in [5, 5.41) is 11.3. The van der Waals surface area contributed by atoms with E-state index < -0.39 is 0 Å². The molecule has 0 saturated carbocycles. The van der Waals surface area contributed by atoms with E-state index in [-0.39, 0.29) is 12.0 Å². The normalized spacial score (nSPS) is 21.2. The average Bonchev–Trinajstić information content (AvgIpc) is 3.04. The number of hydrogen-bond donors (Lipinski definition) is 1. The maximum absolute atomic E-state index is 12.3. The maximum atomic E-state index is 12.3. The molecular formula is C15H22N4O2. The van der Waals surface area contributed by atoms with Crippen LogP contribution >= 0.6 is 0 Å². The summed E-state index contributed by atoms with van der Waals surface area (Å²) in [4.78, 5) is 14.3. The molecule has 1 amide bonds. The average molecular weight is 290 g/mol. The number of nitrogens with one attached hydrogen (secondary N) is 1. The molecule has 0 radical (unpaired) electrons. The molecule has 0 spiro atoms. The van der Waals surface area contributed by atoms with Crippen LogP contribution in [0, 0.1) is 0 Å². The molecule has 1 aromatic rings. The molecule has 1 atom stereocenters. The minimum atomic E-state index is 0.221. The largest absolute Gasteiger partial charge is 0.378 e. The van der Waals surface area contributed by atoms with Gasteiger partial charge in [0.05, 0.1) is 11.8 Å². The molecule has 0 bridgehead atoms. The van der Waals surface area contributed by atoms with Crippen molar-refractivity contribution in [3.63, 3.8) is 0 Å². The van der Waals surface area contributed by atoms with E-state index in [1.165, 1.54) is 0 Å². The first kappa shape index (κ1) is 14.3. The third kappa shape index (κ3) is 3.32. The Hall–Kier alpha value is -1.69. The van der Waals surface area contributed by atoms with E-state index in [4.69, 9.17) is 4.74 Å². The van der Waals surface area contributed by atoms with E-state index in [9.17, 15) is 4.79 Å². The molecule has 6 nitrogen and oxygen atoms in total. The van der Waals surface area contributed by atoms with Crippen LogP contribution in [-0.4, -0.2) is 47.3 Å². The summed E-state index contributed by atoms with van der Waals surface area (Å²) in [6, 6.07) is 1.99. The van der Waals surface area contributed by atoms with Gasteiger partial charge < -0.3 is 15.0 Å². The topological polar surface area (TPSA) is 67.4 Å². The second kappa shape index (κ2) is 6.39. The number of aromatic nitrogens is 2. The Balaban J connectivity index is 1.58. The summed E-state index contributed by atoms with van der Waals surface area (Å²) in [6.45, 7) is 2.23. The van der Waals surface area contributed by atoms with Crippen molar-refractivity contribution < 1.29 is 9.53 Å². The number of nitrogens with zero attached hydrogens (tertiary/aromatic N) is 3. The van der Waals surface area contributed by atoms with Crippen molar-refractivity contribution in [3.8, 4) is 0 Å². The molecule has 0 aromatic carbocycles. The highest BCUT2D eigenvalue weighted by Crippen LogP contribution is 2.21. The van der Waals surface area contributed by atoms with Gasteiger partial charge in [0.2, 0.25) is 5.91 Å². The Morgan fingerprint density at radius 2 is 2.43 bits per heavy atom. The lowest BCUT2D eigenvalue weighted by Gasteiger charge is -2.28. The third-order valence-electron chi connectivity index (χ3n) is 4.25. The number of hydrogen-bond acceptors (Lipinski definition) is 5. The third-order valence-corrected chi connectivity index (χ3v) is 4.25. The molecule has 1 N–H and O–H groups in total. The van der Waals surface area contributed by atoms with Gasteiger partial charge in [0.15, 0.2) is 0 Å². The van der Waals surface area contributed by atoms with Crippen molar-refractivity contribution >= 4 is 11.7 Å². The van der Waals surface area contributed by atoms with Crippen LogP contribution in [0.1, 0.15) is 36.9 Å². The summed E-state index contributed by atoms with van der Waals surface area (Å²) in [6.07, 6.45) is 4.72. The van der Waals surface area contributed by atoms with Crippen LogP contribution in [0.3, 0.4) is 0 Å². The highest BCUT2D eigenvalue weighted by atomic mass is 16.5. The molecule has 1 aromatic heterocycles. The molecule has 1 fully saturated rings. The molecule has 6 heteroatoms. The van der Waals surface area contributed by atoms with Gasteiger partial charge in [-0.1, -0.05) is 0 Å². The minimum Gasteiger partial charge on any atom is -0.378 e. The molecule has 3 heterocycles. The lowest BCUT2D eigenvalue weighted by Crippen LogP contribution is -2.36. The number of carbonyl (C=O) groups is 1. The molecule has 114 valence electrons. The highest BCUT2D eigenvalue weighted by Gasteiger charge is 2.24. The van der Waals surface area contributed by atoms with Gasteiger partial charge >= 0.3 is 0 Å². The summed E-state index contributed by atoms with van der Waals surface area (Å²) >= 11 is 0. The molecule has 2 aliphatic rings. The zero-order chi connectivity index (χ0) is 14.7. The van der Waals surface area contributed by atoms with Crippen molar-refractivity contribution in [2.75, 3.05) is 25.5 Å². The fraction of sp³-hybridized carbons (Fsp3) is 0.667. The number of anilines is 1. The van der Waals surface area contributed by atoms with Gasteiger partial charge in [-0.2, -0.15) is 5.10 Å². The van der Waals surface area contributed by atoms with E-state index in [1.54, 1.807) is 0 Å². The number of amides is 1. The van der Waals surface area contributed by atoms with Gasteiger partial charge in [0, 0.05) is 39.6 Å². The van der Waals surface area contributed by atoms with Crippen LogP contribution in [-0.2, 0) is 22.5 Å². The standard InChI is InChI=1S/C15H22N4O2/c1-16-14-9-11-10-19(7-6-13(11)17-18-14)15(20)5-4-12-3-2-8-21-12/h9,12H,2-8,10H2,1H3,(H,16,18)/t12-/m0/s1. The number of rotatable bonds is 4. The number of carbonyl (C=O) groups excluding carboxylic acids is 1. The van der Waals surface area contributed by atoms with Crippen LogP contribution in [0.4, 0.5) is 5.82 Å². The van der Waals surface area contributed by atoms with Crippen molar-refractivity contribution in [1.29, 1.82) is 0 Å². The number of fused-ring (bicyclic) bond motifs is 1. The summed E-state index contributed by atoms with van der Waals surface area (Å²) in [5.41, 5.74) is 2.11. The van der Waals surface area contributed by atoms with Crippen molar-refractivity contribution in [2.45, 2.75) is 44.8 Å². The molecule has 3 rings (SSSR count). The first-order valence-electron chi connectivity index (χ1n) is 7.69. The highest BCUT2D eigenvalue weighted by molar-refractivity contribution is 5.76. The Kier molecular flexibility index (Phi) is 4.34. The first-order chi connectivity index (χ1) is 10.3. The summed E-state index contributed by atoms with van der Waals surface area (Å²) in [5.74, 6) is 0.973. The minimum absolute atomic E-state index is 0.221. The van der Waals surface area contributed by atoms with Crippen LogP contribution in [0.25, 0.3) is 0 Å². The maximum Gasteiger partial charge on any atom is 0.222 e. The molecule has 0 unspecified atom stereocenters. The van der Waals surface area contributed by atoms with Gasteiger partial charge in [0.25, 0.3) is 0 Å². The lowest BCUT2D eigenvalue weighted by atomic mass is 10.0. The van der Waals surface area contributed by atoms with Gasteiger partial charge in [-0.05, 0) is 30.9 Å². The van der Waals surface area contributed by atoms with E-state index in [0.717, 1.165) is 55.9 Å². The van der Waals surface area contributed by atoms with Gasteiger partial charge in [-0.3, -0.25) is 4.79 Å². The van der Waals surface area contributed by atoms with Gasteiger partial charge in [0.1, 0.15) is 5.82 Å². The Bertz CT molecular complexity index is 514. The summed E-state index contributed by atoms with van der Waals surface area (Å²) < 4.78 is 5.58. The smallest absolute Gasteiger partial charge is 0.222 e. The Morgan fingerprint density at radius 3 is 3.19 bits per heavy atom. The zero-order valence-electron chi connectivity index (χ0n) is 12.5. The second-order valence-electron chi connectivity index (χ2n) is 5.69. The predicted octanol–water partition coefficient (Wildman–Crippen LogP) is 1.36. The lowest BCUT2D eigenvalue weighted by molar-refractivity contribution is -0.132. The van der Waals surface area contributed by atoms with Crippen LogP contribution in [0.5, 0.6) is 0 Å². The van der Waals surface area contributed by atoms with Crippen LogP contribution < -0.4 is 5.32 Å². The van der Waals surface area contributed by atoms with Crippen molar-refractivity contribution in [1.82, 2.24) is 15.1 Å². The fourth-order valence-electron chi connectivity index (χ4n) is 2.98. The fourth-order valence-corrected chi connectivity index (χ4v) is 2.98. The molecule has 2 aliphatic heterocycles. The van der Waals surface area contributed by atoms with E-state index >= 15 is 0 Å². The molecule has 1 saturated heterocycles. The van der Waals surface area contributed by atoms with E-state index in [0.29, 0.717) is 13.0 Å². The van der Waals surface area contributed by atoms with Crippen molar-refractivity contribution in [2.24, 2.45) is 0 Å². The van der Waals surface area contributed by atoms with E-state index in [1.807, 2.05) is 18.0 Å². The predicted molar refractivity (Wildman–Crippen MR) is 78.9 cm³/mol. The molecule has 0 aliphatic carbocycles. The summed E-state index contributed by atoms with van der Waals surface area (Å²) in [7, 11) is 1.82. The quantitative estimate of drug-likeness (QED) is 0.907. The Labute approximate surface area is 124 Å². The monoisotopic (exact) mass is 290 g/mol. The Morgan fingerprint density at radius 1 is 1.52 bits per heavy atom. The zero-order valence-corrected chi connectivity index (χ0v) is 12.5. The van der Waals surface area contributed by atoms with Gasteiger partial charge in [-0.25, -0.2) is 0 Å². The number of ether oxygens (including phenoxy) is 1. The molecular weight excluding hydrogens is 268 g/mol. The second-order valence-corrected chi connectivity index (χ2v) is 5.69.